The number of thiol groups is 1. The van der Waals surface area contributed by atoms with Gasteiger partial charge in [0, 0.05) is 13.8 Å². The molecule has 32 heavy (non-hydrogen) atoms. The van der Waals surface area contributed by atoms with Crippen LogP contribution < -0.4 is 0 Å². The minimum Gasteiger partial charge on any atom is -0.466 e. The molecule has 0 saturated heterocycles. The van der Waals surface area contributed by atoms with Gasteiger partial charge in [0.05, 0.1) is 13.2 Å². The van der Waals surface area contributed by atoms with E-state index in [1.165, 1.54) is 19.4 Å². The van der Waals surface area contributed by atoms with Crippen molar-refractivity contribution in [3.63, 3.8) is 0 Å². The zero-order valence-electron chi connectivity index (χ0n) is 19.0. The van der Waals surface area contributed by atoms with Crippen molar-refractivity contribution in [1.29, 1.82) is 0 Å². The summed E-state index contributed by atoms with van der Waals surface area (Å²) in [5, 5.41) is -0.541. The first-order valence-corrected chi connectivity index (χ1v) is 12.0. The van der Waals surface area contributed by atoms with E-state index in [9.17, 15) is 14.4 Å². The topological polar surface area (TPSA) is 78.9 Å². The summed E-state index contributed by atoms with van der Waals surface area (Å²) < 4.78 is 15.9. The lowest BCUT2D eigenvalue weighted by molar-refractivity contribution is -0.143. The molecule has 0 N–H and O–H groups in total. The molecule has 6 nitrogen and oxygen atoms in total. The predicted molar refractivity (Wildman–Crippen MR) is 123 cm³/mol. The summed E-state index contributed by atoms with van der Waals surface area (Å²) >= 11 is 3.80. The standard InChI is InChI=1S/C25H34O6S/c1-16(26)29-13-18-7-8-19(11-18)24-10-9-20(12-22(24)15-31-25(28)32)23-6-4-3-5-21(23)14-30-17(2)27/h3-6,18-20,22,24H,7-15H2,1-2H3,(H,28,32). The van der Waals surface area contributed by atoms with E-state index in [4.69, 9.17) is 14.2 Å². The number of ether oxygens (including phenoxy) is 3. The maximum Gasteiger partial charge on any atom is 0.364 e. The van der Waals surface area contributed by atoms with E-state index in [0.717, 1.165) is 44.1 Å². The monoisotopic (exact) mass is 462 g/mol. The summed E-state index contributed by atoms with van der Waals surface area (Å²) in [5.41, 5.74) is 2.26. The Labute approximate surface area is 195 Å². The predicted octanol–water partition coefficient (Wildman–Crippen LogP) is 5.30. The number of benzene rings is 1. The zero-order chi connectivity index (χ0) is 23.1. The van der Waals surface area contributed by atoms with Gasteiger partial charge in [0.1, 0.15) is 6.61 Å². The van der Waals surface area contributed by atoms with Gasteiger partial charge in [-0.25, -0.2) is 4.79 Å². The van der Waals surface area contributed by atoms with Crippen LogP contribution in [0.15, 0.2) is 24.3 Å². The Morgan fingerprint density at radius 1 is 0.906 bits per heavy atom. The molecule has 2 aliphatic carbocycles. The van der Waals surface area contributed by atoms with Gasteiger partial charge in [-0.2, -0.15) is 0 Å². The quantitative estimate of drug-likeness (QED) is 0.321. The van der Waals surface area contributed by atoms with Crippen LogP contribution >= 0.6 is 12.6 Å². The Bertz CT molecular complexity index is 809. The van der Waals surface area contributed by atoms with Gasteiger partial charge in [0.25, 0.3) is 0 Å². The van der Waals surface area contributed by atoms with Crippen molar-refractivity contribution in [1.82, 2.24) is 0 Å². The molecular weight excluding hydrogens is 428 g/mol. The van der Waals surface area contributed by atoms with Crippen LogP contribution in [0.1, 0.15) is 69.4 Å². The summed E-state index contributed by atoms with van der Waals surface area (Å²) in [6.45, 7) is 4.03. The first kappa shape index (κ1) is 24.6. The number of hydrogen-bond acceptors (Lipinski definition) is 6. The average Bonchev–Trinajstić information content (AvgIpc) is 3.23. The zero-order valence-corrected chi connectivity index (χ0v) is 19.9. The number of rotatable bonds is 8. The van der Waals surface area contributed by atoms with E-state index in [2.05, 4.69) is 18.7 Å². The van der Waals surface area contributed by atoms with Gasteiger partial charge < -0.3 is 14.2 Å². The minimum atomic E-state index is -0.541. The van der Waals surface area contributed by atoms with E-state index < -0.39 is 5.30 Å². The maximum atomic E-state index is 11.4. The molecule has 0 aliphatic heterocycles. The second kappa shape index (κ2) is 11.7. The number of hydrogen-bond donors (Lipinski definition) is 1. The van der Waals surface area contributed by atoms with Gasteiger partial charge in [0.2, 0.25) is 0 Å². The van der Waals surface area contributed by atoms with Crippen molar-refractivity contribution in [3.8, 4) is 0 Å². The number of carbonyl (C=O) groups excluding carboxylic acids is 3. The van der Waals surface area contributed by atoms with Crippen molar-refractivity contribution < 1.29 is 28.6 Å². The molecule has 0 aromatic heterocycles. The van der Waals surface area contributed by atoms with Gasteiger partial charge in [0.15, 0.2) is 0 Å². The highest BCUT2D eigenvalue weighted by Crippen LogP contribution is 2.48. The van der Waals surface area contributed by atoms with Crippen molar-refractivity contribution in [3.05, 3.63) is 35.4 Å². The van der Waals surface area contributed by atoms with Gasteiger partial charge in [-0.1, -0.05) is 36.9 Å². The fourth-order valence-electron chi connectivity index (χ4n) is 5.69. The van der Waals surface area contributed by atoms with Gasteiger partial charge in [-0.3, -0.25) is 9.59 Å². The molecule has 0 amide bonds. The normalized spacial score (nSPS) is 27.5. The van der Waals surface area contributed by atoms with E-state index in [1.807, 2.05) is 18.2 Å². The van der Waals surface area contributed by atoms with Crippen LogP contribution in [-0.4, -0.2) is 30.5 Å². The van der Waals surface area contributed by atoms with Crippen molar-refractivity contribution in [2.75, 3.05) is 13.2 Å². The van der Waals surface area contributed by atoms with Crippen LogP contribution in [0.25, 0.3) is 0 Å². The molecule has 2 aliphatic rings. The molecule has 3 rings (SSSR count). The molecule has 7 heteroatoms. The van der Waals surface area contributed by atoms with Gasteiger partial charge in [-0.05, 0) is 79.2 Å². The van der Waals surface area contributed by atoms with Crippen LogP contribution in [-0.2, 0) is 30.4 Å². The van der Waals surface area contributed by atoms with Crippen molar-refractivity contribution in [2.45, 2.75) is 64.9 Å². The third-order valence-corrected chi connectivity index (χ3v) is 7.23. The van der Waals surface area contributed by atoms with E-state index in [1.54, 1.807) is 0 Å². The molecule has 2 fully saturated rings. The van der Waals surface area contributed by atoms with Crippen LogP contribution in [0, 0.1) is 23.7 Å². The summed E-state index contributed by atoms with van der Waals surface area (Å²) in [5.74, 6) is 1.52. The largest absolute Gasteiger partial charge is 0.466 e. The average molecular weight is 463 g/mol. The first-order valence-electron chi connectivity index (χ1n) is 11.5. The Morgan fingerprint density at radius 3 is 2.38 bits per heavy atom. The third kappa shape index (κ3) is 6.99. The Kier molecular flexibility index (Phi) is 9.02. The second-order valence-electron chi connectivity index (χ2n) is 9.23. The molecule has 0 spiro atoms. The molecule has 0 radical (unpaired) electrons. The second-order valence-corrected chi connectivity index (χ2v) is 9.60. The maximum absolute atomic E-state index is 11.4. The molecule has 5 unspecified atom stereocenters. The van der Waals surface area contributed by atoms with Gasteiger partial charge in [-0.15, -0.1) is 0 Å². The molecule has 0 heterocycles. The molecule has 5 atom stereocenters. The molecule has 176 valence electrons. The fourth-order valence-corrected chi connectivity index (χ4v) is 5.77. The SMILES string of the molecule is CC(=O)OCc1ccccc1C1CCC(C2CCC(COC(C)=O)C2)C(COC(=O)S)C1. The molecule has 1 aromatic carbocycles. The van der Waals surface area contributed by atoms with E-state index in [0.29, 0.717) is 36.9 Å². The number of carbonyl (C=O) groups is 3. The third-order valence-electron chi connectivity index (χ3n) is 7.10. The molecule has 2 saturated carbocycles. The lowest BCUT2D eigenvalue weighted by atomic mass is 9.66. The smallest absolute Gasteiger partial charge is 0.364 e. The highest BCUT2D eigenvalue weighted by atomic mass is 32.1. The van der Waals surface area contributed by atoms with Crippen LogP contribution in [0.3, 0.4) is 0 Å². The summed E-state index contributed by atoms with van der Waals surface area (Å²) in [6, 6.07) is 8.13. The Hall–Kier alpha value is -2.02. The fraction of sp³-hybridized carbons (Fsp3) is 0.640. The van der Waals surface area contributed by atoms with Crippen molar-refractivity contribution >= 4 is 29.9 Å². The van der Waals surface area contributed by atoms with Crippen LogP contribution in [0.5, 0.6) is 0 Å². The molecule has 1 aromatic rings. The van der Waals surface area contributed by atoms with E-state index >= 15 is 0 Å². The Morgan fingerprint density at radius 2 is 1.66 bits per heavy atom. The van der Waals surface area contributed by atoms with Crippen molar-refractivity contribution in [2.24, 2.45) is 23.7 Å². The van der Waals surface area contributed by atoms with Gasteiger partial charge >= 0.3 is 17.2 Å². The Balaban J connectivity index is 1.69. The summed E-state index contributed by atoms with van der Waals surface area (Å²) in [6.07, 6.45) is 6.28. The molecular formula is C25H34O6S. The highest BCUT2D eigenvalue weighted by Gasteiger charge is 2.40. The lowest BCUT2D eigenvalue weighted by Gasteiger charge is -2.39. The summed E-state index contributed by atoms with van der Waals surface area (Å²) in [7, 11) is 0. The molecule has 0 bridgehead atoms. The first-order chi connectivity index (χ1) is 15.3. The highest BCUT2D eigenvalue weighted by molar-refractivity contribution is 7.96. The van der Waals surface area contributed by atoms with Crippen LogP contribution in [0.4, 0.5) is 4.79 Å². The van der Waals surface area contributed by atoms with E-state index in [-0.39, 0.29) is 24.5 Å². The minimum absolute atomic E-state index is 0.222. The lowest BCUT2D eigenvalue weighted by Crippen LogP contribution is -2.32. The summed E-state index contributed by atoms with van der Waals surface area (Å²) in [4.78, 5) is 33.9. The number of esters is 2. The van der Waals surface area contributed by atoms with Crippen LogP contribution in [0.2, 0.25) is 0 Å².